The molecule has 0 amide bonds. The molecular formula is C20H16FN5O. The van der Waals surface area contributed by atoms with E-state index in [4.69, 9.17) is 4.74 Å². The van der Waals surface area contributed by atoms with Crippen LogP contribution in [0.15, 0.2) is 60.8 Å². The largest absolute Gasteiger partial charge is 0.496 e. The monoisotopic (exact) mass is 361 g/mol. The highest BCUT2D eigenvalue weighted by atomic mass is 19.1. The lowest BCUT2D eigenvalue weighted by atomic mass is 10.0. The standard InChI is InChI=1S/C20H16FN5O/c1-13-6-7-19(27-2)17(9-13)14-10-15(21)12-16(11-14)26-24-20(23-25-26)18-5-3-4-8-22-18/h3-12H,1-2H3. The SMILES string of the molecule is COc1ccc(C)cc1-c1cc(F)cc(-n2nnc(-c3ccccn3)n2)c1. The fourth-order valence-corrected chi connectivity index (χ4v) is 2.81. The Balaban J connectivity index is 1.78. The van der Waals surface area contributed by atoms with Crippen molar-refractivity contribution >= 4 is 0 Å². The summed E-state index contributed by atoms with van der Waals surface area (Å²) < 4.78 is 19.7. The van der Waals surface area contributed by atoms with Gasteiger partial charge >= 0.3 is 0 Å². The number of methoxy groups -OCH3 is 1. The zero-order valence-corrected chi connectivity index (χ0v) is 14.8. The van der Waals surface area contributed by atoms with Crippen molar-refractivity contribution < 1.29 is 9.13 Å². The first-order valence-electron chi connectivity index (χ1n) is 8.31. The number of hydrogen-bond donors (Lipinski definition) is 0. The van der Waals surface area contributed by atoms with Gasteiger partial charge < -0.3 is 4.74 Å². The number of ether oxygens (including phenoxy) is 1. The van der Waals surface area contributed by atoms with Gasteiger partial charge in [0.2, 0.25) is 5.82 Å². The van der Waals surface area contributed by atoms with Crippen LogP contribution < -0.4 is 4.74 Å². The van der Waals surface area contributed by atoms with Crippen LogP contribution in [0.1, 0.15) is 5.56 Å². The smallest absolute Gasteiger partial charge is 0.223 e. The molecular weight excluding hydrogens is 345 g/mol. The predicted molar refractivity (Wildman–Crippen MR) is 99.1 cm³/mol. The molecule has 2 heterocycles. The van der Waals surface area contributed by atoms with Gasteiger partial charge in [0, 0.05) is 17.8 Å². The summed E-state index contributed by atoms with van der Waals surface area (Å²) in [6.45, 7) is 1.97. The Labute approximate surface area is 155 Å². The molecule has 6 nitrogen and oxygen atoms in total. The van der Waals surface area contributed by atoms with Gasteiger partial charge in [-0.25, -0.2) is 4.39 Å². The molecule has 4 rings (SSSR count). The van der Waals surface area contributed by atoms with Crippen molar-refractivity contribution in [2.24, 2.45) is 0 Å². The summed E-state index contributed by atoms with van der Waals surface area (Å²) in [6, 6.07) is 15.8. The average molecular weight is 361 g/mol. The summed E-state index contributed by atoms with van der Waals surface area (Å²) in [7, 11) is 1.59. The van der Waals surface area contributed by atoms with Gasteiger partial charge in [0.1, 0.15) is 17.3 Å². The van der Waals surface area contributed by atoms with Gasteiger partial charge in [-0.2, -0.15) is 0 Å². The number of tetrazole rings is 1. The normalized spacial score (nSPS) is 10.8. The van der Waals surface area contributed by atoms with Gasteiger partial charge in [-0.1, -0.05) is 17.7 Å². The number of nitrogens with zero attached hydrogens (tertiary/aromatic N) is 5. The van der Waals surface area contributed by atoms with Gasteiger partial charge in [0.25, 0.3) is 0 Å². The number of hydrogen-bond acceptors (Lipinski definition) is 5. The molecule has 0 saturated carbocycles. The molecule has 134 valence electrons. The third kappa shape index (κ3) is 3.39. The van der Waals surface area contributed by atoms with Crippen LogP contribution in [0.4, 0.5) is 4.39 Å². The minimum atomic E-state index is -0.400. The number of rotatable bonds is 4. The Kier molecular flexibility index (Phi) is 4.33. The van der Waals surface area contributed by atoms with Crippen LogP contribution >= 0.6 is 0 Å². The molecule has 0 saturated heterocycles. The van der Waals surface area contributed by atoms with Crippen molar-refractivity contribution in [3.05, 3.63) is 72.2 Å². The zero-order chi connectivity index (χ0) is 18.8. The predicted octanol–water partition coefficient (Wildman–Crippen LogP) is 3.85. The Morgan fingerprint density at radius 3 is 2.70 bits per heavy atom. The van der Waals surface area contributed by atoms with E-state index in [2.05, 4.69) is 20.4 Å². The summed E-state index contributed by atoms with van der Waals surface area (Å²) >= 11 is 0. The molecule has 0 bridgehead atoms. The van der Waals surface area contributed by atoms with E-state index in [9.17, 15) is 4.39 Å². The third-order valence-corrected chi connectivity index (χ3v) is 4.09. The maximum atomic E-state index is 14.3. The topological polar surface area (TPSA) is 65.7 Å². The second kappa shape index (κ2) is 6.95. The van der Waals surface area contributed by atoms with Crippen LogP contribution in [0.5, 0.6) is 5.75 Å². The highest BCUT2D eigenvalue weighted by Crippen LogP contribution is 2.32. The molecule has 4 aromatic rings. The molecule has 7 heteroatoms. The van der Waals surface area contributed by atoms with Crippen LogP contribution in [0.2, 0.25) is 0 Å². The van der Waals surface area contributed by atoms with Crippen LogP contribution in [0.25, 0.3) is 28.3 Å². The van der Waals surface area contributed by atoms with Crippen molar-refractivity contribution in [2.45, 2.75) is 6.92 Å². The molecule has 0 unspecified atom stereocenters. The first kappa shape index (κ1) is 16.8. The number of aryl methyl sites for hydroxylation is 1. The lowest BCUT2D eigenvalue weighted by Crippen LogP contribution is -2.01. The van der Waals surface area contributed by atoms with Crippen molar-refractivity contribution in [1.82, 2.24) is 25.2 Å². The third-order valence-electron chi connectivity index (χ3n) is 4.09. The summed E-state index contributed by atoms with van der Waals surface area (Å²) in [5.41, 5.74) is 3.57. The minimum absolute atomic E-state index is 0.370. The first-order chi connectivity index (χ1) is 13.1. The van der Waals surface area contributed by atoms with Crippen molar-refractivity contribution in [3.8, 4) is 34.1 Å². The van der Waals surface area contributed by atoms with Gasteiger partial charge in [0.05, 0.1) is 12.8 Å². The molecule has 0 spiro atoms. The maximum Gasteiger partial charge on any atom is 0.223 e. The van der Waals surface area contributed by atoms with Crippen molar-refractivity contribution in [1.29, 1.82) is 0 Å². The average Bonchev–Trinajstić information content (AvgIpc) is 3.18. The Morgan fingerprint density at radius 1 is 1.04 bits per heavy atom. The lowest BCUT2D eigenvalue weighted by Gasteiger charge is -2.11. The van der Waals surface area contributed by atoms with E-state index in [1.165, 1.54) is 16.9 Å². The summed E-state index contributed by atoms with van der Waals surface area (Å²) in [4.78, 5) is 5.49. The summed E-state index contributed by atoms with van der Waals surface area (Å²) in [5.74, 6) is 0.634. The minimum Gasteiger partial charge on any atom is -0.496 e. The molecule has 0 aliphatic heterocycles. The fourth-order valence-electron chi connectivity index (χ4n) is 2.81. The number of pyridine rings is 1. The number of halogens is 1. The number of aromatic nitrogens is 5. The molecule has 0 radical (unpaired) electrons. The zero-order valence-electron chi connectivity index (χ0n) is 14.8. The molecule has 0 N–H and O–H groups in total. The van der Waals surface area contributed by atoms with Gasteiger partial charge in [-0.05, 0) is 54.1 Å². The van der Waals surface area contributed by atoms with E-state index in [1.54, 1.807) is 25.4 Å². The molecule has 2 aromatic carbocycles. The second-order valence-electron chi connectivity index (χ2n) is 6.02. The second-order valence-corrected chi connectivity index (χ2v) is 6.02. The quantitative estimate of drug-likeness (QED) is 0.552. The fraction of sp³-hybridized carbons (Fsp3) is 0.100. The van der Waals surface area contributed by atoms with Crippen LogP contribution in [0, 0.1) is 12.7 Å². The van der Waals surface area contributed by atoms with Gasteiger partial charge in [-0.15, -0.1) is 15.0 Å². The van der Waals surface area contributed by atoms with Crippen LogP contribution in [-0.2, 0) is 0 Å². The Hall–Kier alpha value is -3.61. The van der Waals surface area contributed by atoms with Crippen molar-refractivity contribution in [2.75, 3.05) is 7.11 Å². The van der Waals surface area contributed by atoms with E-state index in [-0.39, 0.29) is 0 Å². The molecule has 0 atom stereocenters. The molecule has 2 aromatic heterocycles. The lowest BCUT2D eigenvalue weighted by molar-refractivity contribution is 0.416. The van der Waals surface area contributed by atoms with E-state index in [0.29, 0.717) is 28.5 Å². The first-order valence-corrected chi connectivity index (χ1v) is 8.31. The Morgan fingerprint density at radius 2 is 1.93 bits per heavy atom. The van der Waals surface area contributed by atoms with E-state index >= 15 is 0 Å². The van der Waals surface area contributed by atoms with Crippen LogP contribution in [-0.4, -0.2) is 32.3 Å². The van der Waals surface area contributed by atoms with E-state index in [0.717, 1.165) is 11.1 Å². The highest BCUT2D eigenvalue weighted by Gasteiger charge is 2.13. The molecule has 0 aliphatic rings. The van der Waals surface area contributed by atoms with Gasteiger partial charge in [0.15, 0.2) is 0 Å². The molecule has 27 heavy (non-hydrogen) atoms. The maximum absolute atomic E-state index is 14.3. The Bertz CT molecular complexity index is 1090. The molecule has 0 fully saturated rings. The van der Waals surface area contributed by atoms with Gasteiger partial charge in [-0.3, -0.25) is 4.98 Å². The highest BCUT2D eigenvalue weighted by molar-refractivity contribution is 5.73. The summed E-state index contributed by atoms with van der Waals surface area (Å²) in [6.07, 6.45) is 1.65. The van der Waals surface area contributed by atoms with Crippen molar-refractivity contribution in [3.63, 3.8) is 0 Å². The summed E-state index contributed by atoms with van der Waals surface area (Å²) in [5, 5.41) is 12.4. The molecule has 0 aliphatic carbocycles. The van der Waals surface area contributed by atoms with Crippen LogP contribution in [0.3, 0.4) is 0 Å². The van der Waals surface area contributed by atoms with E-state index < -0.39 is 5.82 Å². The van der Waals surface area contributed by atoms with E-state index in [1.807, 2.05) is 37.3 Å². The number of benzene rings is 2.